The zero-order valence-corrected chi connectivity index (χ0v) is 31.9. The fraction of sp³-hybridized carbons (Fsp3) is 0.625. The van der Waals surface area contributed by atoms with Crippen LogP contribution in [-0.4, -0.2) is 83.1 Å². The number of nitrogens with one attached hydrogen (secondary N) is 1. The summed E-state index contributed by atoms with van der Waals surface area (Å²) < 4.78 is 48.3. The Morgan fingerprint density at radius 1 is 1.02 bits per heavy atom. The minimum atomic E-state index is -3.95. The van der Waals surface area contributed by atoms with Gasteiger partial charge in [0.15, 0.2) is 0 Å². The summed E-state index contributed by atoms with van der Waals surface area (Å²) in [4.78, 5) is 18.5. The molecule has 278 valence electrons. The van der Waals surface area contributed by atoms with Crippen LogP contribution in [0.25, 0.3) is 0 Å². The van der Waals surface area contributed by atoms with Crippen molar-refractivity contribution < 1.29 is 27.4 Å². The molecule has 1 spiro atoms. The van der Waals surface area contributed by atoms with Crippen LogP contribution in [0.5, 0.6) is 5.75 Å². The number of anilines is 1. The molecule has 0 radical (unpaired) electrons. The van der Waals surface area contributed by atoms with E-state index >= 15 is 0 Å². The number of fused-ring (bicyclic) bond motifs is 3. The lowest BCUT2D eigenvalue weighted by Gasteiger charge is -2.53. The molecule has 2 saturated heterocycles. The quantitative estimate of drug-likeness (QED) is 0.351. The number of nitrogens with zero attached hydrogens (tertiary/aromatic N) is 2. The maximum absolute atomic E-state index is 13.6. The summed E-state index contributed by atoms with van der Waals surface area (Å²) in [6, 6.07) is 11.3. The predicted octanol–water partition coefficient (Wildman–Crippen LogP) is 6.63. The zero-order valence-electron chi connectivity index (χ0n) is 30.4. The van der Waals surface area contributed by atoms with Crippen molar-refractivity contribution in [1.29, 1.82) is 0 Å². The lowest BCUT2D eigenvalue weighted by molar-refractivity contribution is -0.149. The Hall–Kier alpha value is -2.63. The third-order valence-electron chi connectivity index (χ3n) is 12.8. The summed E-state index contributed by atoms with van der Waals surface area (Å²) in [5.74, 6) is 0.490. The van der Waals surface area contributed by atoms with Gasteiger partial charge in [0, 0.05) is 42.7 Å². The molecule has 4 aliphatic heterocycles. The van der Waals surface area contributed by atoms with Gasteiger partial charge in [-0.25, -0.2) is 13.1 Å². The second-order valence-corrected chi connectivity index (χ2v) is 18.4. The first-order valence-electron chi connectivity index (χ1n) is 18.9. The van der Waals surface area contributed by atoms with Crippen molar-refractivity contribution in [3.05, 3.63) is 70.3 Å². The molecule has 11 heteroatoms. The molecule has 51 heavy (non-hydrogen) atoms. The van der Waals surface area contributed by atoms with Crippen molar-refractivity contribution in [2.24, 2.45) is 23.2 Å². The van der Waals surface area contributed by atoms with Crippen molar-refractivity contribution in [3.63, 3.8) is 0 Å². The molecule has 2 aromatic carbocycles. The molecule has 5 aliphatic rings. The van der Waals surface area contributed by atoms with Gasteiger partial charge in [-0.05, 0) is 131 Å². The Bertz CT molecular complexity index is 1720. The van der Waals surface area contributed by atoms with Gasteiger partial charge >= 0.3 is 0 Å². The highest BCUT2D eigenvalue weighted by molar-refractivity contribution is 7.90. The lowest BCUT2D eigenvalue weighted by atomic mass is 9.63. The third-order valence-corrected chi connectivity index (χ3v) is 14.9. The van der Waals surface area contributed by atoms with Gasteiger partial charge < -0.3 is 24.0 Å². The maximum atomic E-state index is 13.6. The molecule has 4 heterocycles. The Morgan fingerprint density at radius 2 is 1.82 bits per heavy atom. The summed E-state index contributed by atoms with van der Waals surface area (Å²) in [5.41, 5.74) is 3.25. The summed E-state index contributed by atoms with van der Waals surface area (Å²) in [6.45, 7) is 10.2. The van der Waals surface area contributed by atoms with Gasteiger partial charge in [0.1, 0.15) is 18.0 Å². The van der Waals surface area contributed by atoms with Crippen LogP contribution in [0, 0.1) is 23.2 Å². The maximum Gasteiger partial charge on any atom is 0.264 e. The van der Waals surface area contributed by atoms with E-state index in [1.165, 1.54) is 5.56 Å². The number of ether oxygens (including phenoxy) is 3. The van der Waals surface area contributed by atoms with Crippen molar-refractivity contribution >= 4 is 33.2 Å². The fourth-order valence-electron chi connectivity index (χ4n) is 8.85. The molecule has 2 bridgehead atoms. The number of amides is 1. The van der Waals surface area contributed by atoms with Gasteiger partial charge in [0.2, 0.25) is 10.0 Å². The Kier molecular flexibility index (Phi) is 10.8. The van der Waals surface area contributed by atoms with E-state index in [0.717, 1.165) is 107 Å². The molecule has 1 N–H and O–H groups in total. The average Bonchev–Trinajstić information content (AvgIpc) is 3.11. The number of carbonyl (C=O) groups is 1. The number of methoxy groups -OCH3 is 1. The minimum Gasteiger partial charge on any atom is -0.487 e. The van der Waals surface area contributed by atoms with Crippen molar-refractivity contribution in [1.82, 2.24) is 9.62 Å². The number of aryl methyl sites for hydroxylation is 1. The molecule has 1 aliphatic carbocycles. The van der Waals surface area contributed by atoms with E-state index in [-0.39, 0.29) is 11.8 Å². The number of likely N-dealkylation sites (tertiary alicyclic amines) is 1. The number of hydrogen-bond acceptors (Lipinski definition) is 8. The standard InChI is InChI=1S/C40H54ClN3O6S/c1-28-7-6-15-40(48-3,25-43-19-16-39(17-20-43)26-49-27-39)35-13-10-32(35)23-44-18-5-4-8-30-21-34(41)12-9-33(30)24-50-37-14-11-31(22-36(37)44)38(45)42-51(46,47)29(28)2/h6,9,11-12,14-15,21-22,28-29,32,35H,4-5,7-8,10,13,16-20,23-27H2,1-3H3,(H,42,45)/b15-6+/t28-,29+,32-,35+,40+/m0/s1. The Labute approximate surface area is 309 Å². The first-order valence-corrected chi connectivity index (χ1v) is 20.8. The van der Waals surface area contributed by atoms with Crippen LogP contribution >= 0.6 is 11.6 Å². The molecule has 0 unspecified atom stereocenters. The first-order chi connectivity index (χ1) is 24.5. The number of sulfonamides is 1. The third kappa shape index (κ3) is 7.72. The van der Waals surface area contributed by atoms with Gasteiger partial charge in [-0.3, -0.25) is 4.79 Å². The second-order valence-electron chi connectivity index (χ2n) is 16.0. The topological polar surface area (TPSA) is 97.4 Å². The number of halogens is 1. The molecular weight excluding hydrogens is 686 g/mol. The van der Waals surface area contributed by atoms with Crippen molar-refractivity contribution in [2.45, 2.75) is 82.7 Å². The second kappa shape index (κ2) is 15.0. The van der Waals surface area contributed by atoms with Gasteiger partial charge in [-0.2, -0.15) is 0 Å². The predicted molar refractivity (Wildman–Crippen MR) is 201 cm³/mol. The van der Waals surface area contributed by atoms with Gasteiger partial charge in [0.25, 0.3) is 5.91 Å². The zero-order chi connectivity index (χ0) is 35.8. The van der Waals surface area contributed by atoms with Crippen LogP contribution in [0.3, 0.4) is 0 Å². The molecule has 1 saturated carbocycles. The molecule has 9 nitrogen and oxygen atoms in total. The molecule has 5 atom stereocenters. The SMILES string of the molecule is CO[C@@]1(CN2CCC3(CC2)COC3)/C=C/C[C@H](C)[C@@H](C)S(=O)(=O)NC(=O)c2ccc3c(c2)N(CCCCc2cc(Cl)ccc2CO3)C[C@@H]2CC[C@H]21. The first kappa shape index (κ1) is 36.7. The summed E-state index contributed by atoms with van der Waals surface area (Å²) in [7, 11) is -2.10. The smallest absolute Gasteiger partial charge is 0.264 e. The highest BCUT2D eigenvalue weighted by Gasteiger charge is 2.49. The van der Waals surface area contributed by atoms with E-state index < -0.39 is 26.8 Å². The number of rotatable bonds is 3. The van der Waals surface area contributed by atoms with Crippen molar-refractivity contribution in [2.75, 3.05) is 57.9 Å². The lowest BCUT2D eigenvalue weighted by Crippen LogP contribution is -2.58. The molecule has 1 amide bonds. The van der Waals surface area contributed by atoms with Crippen LogP contribution in [-0.2, 0) is 32.5 Å². The van der Waals surface area contributed by atoms with Gasteiger partial charge in [-0.15, -0.1) is 0 Å². The van der Waals surface area contributed by atoms with E-state index in [1.807, 2.05) is 44.4 Å². The summed E-state index contributed by atoms with van der Waals surface area (Å²) in [6.07, 6.45) is 12.2. The molecular formula is C40H54ClN3O6S. The van der Waals surface area contributed by atoms with E-state index in [2.05, 4.69) is 26.7 Å². The number of piperidine rings is 1. The molecule has 2 aromatic rings. The van der Waals surface area contributed by atoms with E-state index in [0.29, 0.717) is 35.7 Å². The van der Waals surface area contributed by atoms with Crippen LogP contribution in [0.2, 0.25) is 5.02 Å². The number of allylic oxidation sites excluding steroid dienone is 1. The summed E-state index contributed by atoms with van der Waals surface area (Å²) in [5, 5.41) is -0.0547. The number of carbonyl (C=O) groups excluding carboxylic acids is 1. The normalized spacial score (nSPS) is 31.8. The largest absolute Gasteiger partial charge is 0.487 e. The van der Waals surface area contributed by atoms with Crippen LogP contribution in [0.4, 0.5) is 5.69 Å². The molecule has 7 rings (SSSR count). The monoisotopic (exact) mass is 739 g/mol. The average molecular weight is 740 g/mol. The van der Waals surface area contributed by atoms with E-state index in [9.17, 15) is 13.2 Å². The van der Waals surface area contributed by atoms with Crippen LogP contribution in [0.1, 0.15) is 80.3 Å². The Balaban J connectivity index is 1.24. The minimum absolute atomic E-state index is 0.214. The highest BCUT2D eigenvalue weighted by atomic mass is 35.5. The van der Waals surface area contributed by atoms with Gasteiger partial charge in [-0.1, -0.05) is 36.7 Å². The van der Waals surface area contributed by atoms with Gasteiger partial charge in [0.05, 0.1) is 24.2 Å². The van der Waals surface area contributed by atoms with E-state index in [1.54, 1.807) is 13.0 Å². The van der Waals surface area contributed by atoms with Crippen molar-refractivity contribution in [3.8, 4) is 5.75 Å². The fourth-order valence-corrected chi connectivity index (χ4v) is 10.3. The summed E-state index contributed by atoms with van der Waals surface area (Å²) >= 11 is 6.40. The Morgan fingerprint density at radius 3 is 2.53 bits per heavy atom. The highest BCUT2D eigenvalue weighted by Crippen LogP contribution is 2.47. The van der Waals surface area contributed by atoms with Crippen LogP contribution in [0.15, 0.2) is 48.6 Å². The molecule has 3 fully saturated rings. The molecule has 0 aromatic heterocycles. The van der Waals surface area contributed by atoms with E-state index in [4.69, 9.17) is 25.8 Å². The number of hydrogen-bond donors (Lipinski definition) is 1. The number of benzene rings is 2. The van der Waals surface area contributed by atoms with Crippen LogP contribution < -0.4 is 14.4 Å².